The first-order valence-corrected chi connectivity index (χ1v) is 8.50. The molecule has 136 valence electrons. The Labute approximate surface area is 157 Å². The molecule has 0 aliphatic carbocycles. The van der Waals surface area contributed by atoms with Crippen LogP contribution in [0.3, 0.4) is 0 Å². The Morgan fingerprint density at radius 1 is 1.11 bits per heavy atom. The third-order valence-electron chi connectivity index (χ3n) is 4.05. The number of amides is 1. The largest absolute Gasteiger partial charge is 0.314 e. The molecule has 2 aromatic heterocycles. The third-order valence-corrected chi connectivity index (χ3v) is 4.05. The number of benzene rings is 1. The zero-order valence-electron chi connectivity index (χ0n) is 15.1. The van der Waals surface area contributed by atoms with Gasteiger partial charge in [0.25, 0.3) is 5.91 Å². The van der Waals surface area contributed by atoms with Crippen molar-refractivity contribution in [3.63, 3.8) is 0 Å². The van der Waals surface area contributed by atoms with Crippen LogP contribution in [-0.2, 0) is 0 Å². The second kappa shape index (κ2) is 7.74. The van der Waals surface area contributed by atoms with E-state index in [0.29, 0.717) is 17.2 Å². The lowest BCUT2D eigenvalue weighted by atomic mass is 10.1. The highest BCUT2D eigenvalue weighted by Crippen LogP contribution is 2.15. The van der Waals surface area contributed by atoms with E-state index >= 15 is 0 Å². The topological polar surface area (TPSA) is 106 Å². The fourth-order valence-corrected chi connectivity index (χ4v) is 2.63. The summed E-state index contributed by atoms with van der Waals surface area (Å²) in [6, 6.07) is 14.4. The van der Waals surface area contributed by atoms with Crippen molar-refractivity contribution in [2.75, 3.05) is 5.32 Å². The van der Waals surface area contributed by atoms with Gasteiger partial charge in [0, 0.05) is 17.6 Å². The summed E-state index contributed by atoms with van der Waals surface area (Å²) < 4.78 is 0. The van der Waals surface area contributed by atoms with Gasteiger partial charge >= 0.3 is 0 Å². The van der Waals surface area contributed by atoms with Gasteiger partial charge in [-0.25, -0.2) is 4.98 Å². The molecule has 0 saturated heterocycles. The number of hydrogen-bond acceptors (Lipinski definition) is 5. The highest BCUT2D eigenvalue weighted by atomic mass is 16.1. The first-order chi connectivity index (χ1) is 13.0. The van der Waals surface area contributed by atoms with Crippen LogP contribution in [0.1, 0.15) is 30.0 Å². The van der Waals surface area contributed by atoms with Crippen LogP contribution < -0.4 is 5.32 Å². The summed E-state index contributed by atoms with van der Waals surface area (Å²) in [5, 5.41) is 20.3. The maximum Gasteiger partial charge on any atom is 0.275 e. The van der Waals surface area contributed by atoms with E-state index in [1.165, 1.54) is 4.90 Å². The van der Waals surface area contributed by atoms with Gasteiger partial charge in [-0.05, 0) is 37.4 Å². The summed E-state index contributed by atoms with van der Waals surface area (Å²) in [5.74, 6) is 0.0514. The number of nitrogens with zero attached hydrogens (tertiary/aromatic N) is 3. The molecule has 0 saturated carbocycles. The summed E-state index contributed by atoms with van der Waals surface area (Å²) in [6.07, 6.45) is 2.76. The Hall–Kier alpha value is -3.61. The lowest BCUT2D eigenvalue weighted by molar-refractivity contribution is 0.102. The van der Waals surface area contributed by atoms with Gasteiger partial charge in [0.2, 0.25) is 0 Å². The van der Waals surface area contributed by atoms with Crippen LogP contribution in [0.25, 0.3) is 10.8 Å². The van der Waals surface area contributed by atoms with Crippen molar-refractivity contribution in [3.8, 4) is 0 Å². The Bertz CT molecular complexity index is 1010. The number of aromatic nitrogens is 2. The van der Waals surface area contributed by atoms with Crippen molar-refractivity contribution >= 4 is 34.7 Å². The molecule has 27 heavy (non-hydrogen) atoms. The number of hydrogen-bond donors (Lipinski definition) is 3. The second-order valence-electron chi connectivity index (χ2n) is 6.26. The third kappa shape index (κ3) is 3.98. The van der Waals surface area contributed by atoms with Crippen molar-refractivity contribution in [1.82, 2.24) is 14.9 Å². The summed E-state index contributed by atoms with van der Waals surface area (Å²) in [7, 11) is 0. The number of pyridine rings is 2. The van der Waals surface area contributed by atoms with E-state index in [1.807, 2.05) is 38.1 Å². The molecule has 3 aromatic rings. The zero-order valence-corrected chi connectivity index (χ0v) is 15.1. The Balaban J connectivity index is 1.81. The van der Waals surface area contributed by atoms with E-state index in [1.54, 1.807) is 30.5 Å². The number of carbonyl (C=O) groups excluding carboxylic acids is 1. The molecule has 2 heterocycles. The molecule has 3 rings (SSSR count). The van der Waals surface area contributed by atoms with Crippen LogP contribution in [0.2, 0.25) is 0 Å². The summed E-state index contributed by atoms with van der Waals surface area (Å²) in [4.78, 5) is 22.5. The van der Waals surface area contributed by atoms with E-state index in [2.05, 4.69) is 15.3 Å². The predicted molar refractivity (Wildman–Crippen MR) is 107 cm³/mol. The van der Waals surface area contributed by atoms with Crippen LogP contribution in [0.5, 0.6) is 0 Å². The molecule has 0 spiro atoms. The number of carbonyl (C=O) groups is 1. The standard InChI is InChI=1S/C20H20N6O/c1-13(2)26(12-21)19(22)16-8-5-9-18(24-16)25-20(27)17-10-14-6-3-4-7-15(14)11-23-17/h3-13,21-22H,1-2H3,(H,24,25,27). The highest BCUT2D eigenvalue weighted by molar-refractivity contribution is 6.05. The molecular weight excluding hydrogens is 340 g/mol. The quantitative estimate of drug-likeness (QED) is 0.478. The highest BCUT2D eigenvalue weighted by Gasteiger charge is 2.15. The lowest BCUT2D eigenvalue weighted by Gasteiger charge is -2.23. The molecule has 0 unspecified atom stereocenters. The average molecular weight is 360 g/mol. The van der Waals surface area contributed by atoms with Crippen LogP contribution in [0.4, 0.5) is 5.82 Å². The van der Waals surface area contributed by atoms with E-state index in [-0.39, 0.29) is 17.8 Å². The maximum absolute atomic E-state index is 12.5. The SMILES string of the molecule is CC(C)N(C=N)C(=N)c1cccc(NC(=O)c2cc3ccccc3cn2)n1. The van der Waals surface area contributed by atoms with E-state index in [0.717, 1.165) is 17.1 Å². The van der Waals surface area contributed by atoms with Gasteiger partial charge in [0.1, 0.15) is 17.2 Å². The minimum Gasteiger partial charge on any atom is -0.314 e. The molecule has 0 radical (unpaired) electrons. The normalized spacial score (nSPS) is 10.6. The maximum atomic E-state index is 12.5. The molecule has 1 amide bonds. The van der Waals surface area contributed by atoms with E-state index < -0.39 is 0 Å². The molecule has 0 aliphatic heterocycles. The fourth-order valence-electron chi connectivity index (χ4n) is 2.63. The molecule has 0 bridgehead atoms. The smallest absolute Gasteiger partial charge is 0.275 e. The minimum atomic E-state index is -0.371. The number of rotatable bonds is 5. The van der Waals surface area contributed by atoms with Gasteiger partial charge in [-0.1, -0.05) is 30.3 Å². The molecule has 7 heteroatoms. The number of nitrogens with one attached hydrogen (secondary N) is 3. The first-order valence-electron chi connectivity index (χ1n) is 8.50. The predicted octanol–water partition coefficient (Wildman–Crippen LogP) is 3.52. The van der Waals surface area contributed by atoms with Crippen LogP contribution in [0.15, 0.2) is 54.7 Å². The van der Waals surface area contributed by atoms with Crippen molar-refractivity contribution in [3.05, 3.63) is 66.1 Å². The Kier molecular flexibility index (Phi) is 5.21. The van der Waals surface area contributed by atoms with Crippen molar-refractivity contribution < 1.29 is 4.79 Å². The van der Waals surface area contributed by atoms with E-state index in [4.69, 9.17) is 10.8 Å². The van der Waals surface area contributed by atoms with Crippen molar-refractivity contribution in [2.45, 2.75) is 19.9 Å². The van der Waals surface area contributed by atoms with Crippen molar-refractivity contribution in [1.29, 1.82) is 10.8 Å². The van der Waals surface area contributed by atoms with E-state index in [9.17, 15) is 4.79 Å². The van der Waals surface area contributed by atoms with Gasteiger partial charge < -0.3 is 10.2 Å². The second-order valence-corrected chi connectivity index (χ2v) is 6.26. The van der Waals surface area contributed by atoms with Gasteiger partial charge in [-0.3, -0.25) is 20.6 Å². The molecule has 0 aliphatic rings. The van der Waals surface area contributed by atoms with Gasteiger partial charge in [0.05, 0.1) is 6.34 Å². The lowest BCUT2D eigenvalue weighted by Crippen LogP contribution is -2.36. The number of fused-ring (bicyclic) bond motifs is 1. The Morgan fingerprint density at radius 3 is 2.56 bits per heavy atom. The van der Waals surface area contributed by atoms with Crippen LogP contribution in [0, 0.1) is 10.8 Å². The van der Waals surface area contributed by atoms with Gasteiger partial charge in [-0.2, -0.15) is 0 Å². The summed E-state index contributed by atoms with van der Waals surface area (Å²) in [6.45, 7) is 3.77. The number of anilines is 1. The van der Waals surface area contributed by atoms with Gasteiger partial charge in [0.15, 0.2) is 5.84 Å². The molecule has 0 atom stereocenters. The van der Waals surface area contributed by atoms with Crippen molar-refractivity contribution in [2.24, 2.45) is 0 Å². The number of amidine groups is 1. The van der Waals surface area contributed by atoms with Crippen LogP contribution in [-0.4, -0.2) is 39.0 Å². The molecule has 7 nitrogen and oxygen atoms in total. The fraction of sp³-hybridized carbons (Fsp3) is 0.150. The monoisotopic (exact) mass is 360 g/mol. The summed E-state index contributed by atoms with van der Waals surface area (Å²) in [5.41, 5.74) is 0.663. The first kappa shape index (κ1) is 18.2. The molecule has 1 aromatic carbocycles. The molecule has 3 N–H and O–H groups in total. The minimum absolute atomic E-state index is 0.0446. The summed E-state index contributed by atoms with van der Waals surface area (Å²) >= 11 is 0. The molecule has 0 fully saturated rings. The average Bonchev–Trinajstić information content (AvgIpc) is 2.68. The van der Waals surface area contributed by atoms with Gasteiger partial charge in [-0.15, -0.1) is 0 Å². The molecular formula is C20H20N6O. The van der Waals surface area contributed by atoms with Crippen LogP contribution >= 0.6 is 0 Å². The Morgan fingerprint density at radius 2 is 1.85 bits per heavy atom. The zero-order chi connectivity index (χ0) is 19.4.